The van der Waals surface area contributed by atoms with Gasteiger partial charge in [0, 0.05) is 55.0 Å². The first-order valence-electron chi connectivity index (χ1n) is 9.17. The van der Waals surface area contributed by atoms with E-state index in [9.17, 15) is 33.0 Å². The number of aliphatic hydroxyl groups is 2. The van der Waals surface area contributed by atoms with Crippen LogP contribution in [0.1, 0.15) is 5.56 Å². The minimum Gasteiger partial charge on any atom is -0.507 e. The van der Waals surface area contributed by atoms with E-state index in [1.165, 1.54) is 11.1 Å². The Morgan fingerprint density at radius 1 is 1.27 bits per heavy atom. The Hall–Kier alpha value is -2.66. The van der Waals surface area contributed by atoms with Crippen molar-refractivity contribution >= 4 is 23.6 Å². The van der Waals surface area contributed by atoms with Crippen molar-refractivity contribution in [2.24, 2.45) is 0 Å². The van der Waals surface area contributed by atoms with Gasteiger partial charge in [0.25, 0.3) is 11.8 Å². The first-order chi connectivity index (χ1) is 14.3. The largest absolute Gasteiger partial charge is 0.507 e. The monoisotopic (exact) mass is 441 g/mol. The van der Waals surface area contributed by atoms with Crippen LogP contribution in [0.15, 0.2) is 35.4 Å². The highest BCUT2D eigenvalue weighted by molar-refractivity contribution is 7.99. The summed E-state index contributed by atoms with van der Waals surface area (Å²) in [5.74, 6) is -3.98. The summed E-state index contributed by atoms with van der Waals surface area (Å²) in [6.07, 6.45) is -0.477. The predicted octanol–water partition coefficient (Wildman–Crippen LogP) is 1.01. The third-order valence-electron chi connectivity index (χ3n) is 5.26. The molecule has 4 rings (SSSR count). The zero-order valence-electron chi connectivity index (χ0n) is 15.6. The Morgan fingerprint density at radius 3 is 2.67 bits per heavy atom. The lowest BCUT2D eigenvalue weighted by Crippen LogP contribution is -2.55. The third-order valence-corrected chi connectivity index (χ3v) is 6.35. The lowest BCUT2D eigenvalue weighted by molar-refractivity contribution is -0.132. The average molecular weight is 441 g/mol. The van der Waals surface area contributed by atoms with Crippen molar-refractivity contribution < 1.29 is 33.0 Å². The van der Waals surface area contributed by atoms with Crippen LogP contribution in [0.5, 0.6) is 0 Å². The van der Waals surface area contributed by atoms with Crippen LogP contribution < -0.4 is 5.32 Å². The molecule has 3 heterocycles. The molecule has 30 heavy (non-hydrogen) atoms. The van der Waals surface area contributed by atoms with Crippen molar-refractivity contribution in [3.8, 4) is 0 Å². The summed E-state index contributed by atoms with van der Waals surface area (Å²) in [6.45, 7) is 0.340. The fourth-order valence-corrected chi connectivity index (χ4v) is 4.75. The second-order valence-electron chi connectivity index (χ2n) is 7.14. The first kappa shape index (κ1) is 20.6. The number of fused-ring (bicyclic) bond motifs is 4. The maximum Gasteiger partial charge on any atom is 0.274 e. The van der Waals surface area contributed by atoms with E-state index in [-0.39, 0.29) is 17.3 Å². The Kier molecular flexibility index (Phi) is 5.41. The zero-order valence-corrected chi connectivity index (χ0v) is 16.4. The van der Waals surface area contributed by atoms with Gasteiger partial charge in [-0.1, -0.05) is 0 Å². The molecule has 3 aliphatic heterocycles. The molecule has 0 spiro atoms. The van der Waals surface area contributed by atoms with Crippen LogP contribution in [-0.4, -0.2) is 68.6 Å². The van der Waals surface area contributed by atoms with Crippen molar-refractivity contribution in [2.45, 2.75) is 18.7 Å². The molecular weight excluding hydrogens is 423 g/mol. The number of hydrogen-bond donors (Lipinski definition) is 3. The highest BCUT2D eigenvalue weighted by Crippen LogP contribution is 2.33. The van der Waals surface area contributed by atoms with Gasteiger partial charge < -0.3 is 25.3 Å². The van der Waals surface area contributed by atoms with Gasteiger partial charge >= 0.3 is 0 Å². The van der Waals surface area contributed by atoms with Crippen molar-refractivity contribution in [1.82, 2.24) is 15.1 Å². The molecule has 2 bridgehead atoms. The highest BCUT2D eigenvalue weighted by Gasteiger charge is 2.44. The molecule has 7 nitrogen and oxygen atoms in total. The van der Waals surface area contributed by atoms with Crippen LogP contribution in [0.25, 0.3) is 0 Å². The standard InChI is InChI=1S/C19H18F3N3O4S/c20-9-3-13(21)11(14(22)4-9)5-23-18(28)12-7-25-10-6-24(1-2-30-8-10)19(29)15(25)17(27)16(12)26/h3-4,7,10,16,26-27H,1-2,5-6,8H2,(H,23,28). The molecule has 3 N–H and O–H groups in total. The second-order valence-corrected chi connectivity index (χ2v) is 8.29. The molecule has 0 aliphatic carbocycles. The van der Waals surface area contributed by atoms with Gasteiger partial charge in [-0.05, 0) is 0 Å². The van der Waals surface area contributed by atoms with Gasteiger partial charge in [-0.2, -0.15) is 11.8 Å². The van der Waals surface area contributed by atoms with E-state index < -0.39 is 53.2 Å². The van der Waals surface area contributed by atoms with E-state index >= 15 is 0 Å². The molecule has 160 valence electrons. The SMILES string of the molecule is O=C(NCc1c(F)cc(F)cc1F)C1=CN2C(=C(O)C1O)C(=O)N1CCSCC2C1. The van der Waals surface area contributed by atoms with Gasteiger partial charge in [0.2, 0.25) is 0 Å². The molecule has 2 amide bonds. The van der Waals surface area contributed by atoms with E-state index in [1.54, 1.807) is 16.7 Å². The zero-order chi connectivity index (χ0) is 21.6. The minimum atomic E-state index is -1.77. The van der Waals surface area contributed by atoms with Crippen LogP contribution in [-0.2, 0) is 16.1 Å². The highest BCUT2D eigenvalue weighted by atomic mass is 32.2. The number of nitrogens with zero attached hydrogens (tertiary/aromatic N) is 2. The van der Waals surface area contributed by atoms with Crippen LogP contribution in [0.2, 0.25) is 0 Å². The number of amides is 2. The molecule has 11 heteroatoms. The van der Waals surface area contributed by atoms with E-state index in [2.05, 4.69) is 5.32 Å². The summed E-state index contributed by atoms with van der Waals surface area (Å²) in [6, 6.07) is 0.791. The maximum absolute atomic E-state index is 13.8. The number of hydrogen-bond acceptors (Lipinski definition) is 6. The van der Waals surface area contributed by atoms with Gasteiger partial charge in [-0.15, -0.1) is 0 Å². The lowest BCUT2D eigenvalue weighted by atomic mass is 9.98. The van der Waals surface area contributed by atoms with Crippen LogP contribution in [0.3, 0.4) is 0 Å². The van der Waals surface area contributed by atoms with Gasteiger partial charge in [0.1, 0.15) is 29.3 Å². The van der Waals surface area contributed by atoms with Crippen molar-refractivity contribution in [2.75, 3.05) is 24.6 Å². The van der Waals surface area contributed by atoms with E-state index in [4.69, 9.17) is 0 Å². The molecule has 0 saturated carbocycles. The smallest absolute Gasteiger partial charge is 0.274 e. The third kappa shape index (κ3) is 3.52. The van der Waals surface area contributed by atoms with Gasteiger partial charge in [0.15, 0.2) is 5.76 Å². The maximum atomic E-state index is 13.8. The second kappa shape index (κ2) is 7.88. The molecule has 2 atom stereocenters. The topological polar surface area (TPSA) is 93.1 Å². The summed E-state index contributed by atoms with van der Waals surface area (Å²) in [5.41, 5.74) is -0.886. The van der Waals surface area contributed by atoms with Crippen molar-refractivity contribution in [3.05, 3.63) is 58.4 Å². The number of piperazine rings is 1. The number of aliphatic hydroxyl groups excluding tert-OH is 2. The molecule has 0 aromatic heterocycles. The molecular formula is C19H18F3N3O4S. The number of carbonyl (C=O) groups is 2. The van der Waals surface area contributed by atoms with E-state index in [0.717, 1.165) is 5.75 Å². The number of benzene rings is 1. The summed E-state index contributed by atoms with van der Waals surface area (Å²) >= 11 is 1.63. The van der Waals surface area contributed by atoms with Gasteiger partial charge in [-0.25, -0.2) is 13.2 Å². The van der Waals surface area contributed by atoms with E-state index in [1.807, 2.05) is 0 Å². The van der Waals surface area contributed by atoms with Crippen molar-refractivity contribution in [3.63, 3.8) is 0 Å². The summed E-state index contributed by atoms with van der Waals surface area (Å²) in [7, 11) is 0. The molecule has 2 unspecified atom stereocenters. The average Bonchev–Trinajstić information content (AvgIpc) is 2.91. The Morgan fingerprint density at radius 2 is 1.97 bits per heavy atom. The molecule has 0 radical (unpaired) electrons. The molecule has 2 fully saturated rings. The summed E-state index contributed by atoms with van der Waals surface area (Å²) < 4.78 is 40.6. The first-order valence-corrected chi connectivity index (χ1v) is 10.3. The fourth-order valence-electron chi connectivity index (χ4n) is 3.69. The Balaban J connectivity index is 1.58. The van der Waals surface area contributed by atoms with E-state index in [0.29, 0.717) is 31.0 Å². The van der Waals surface area contributed by atoms with Gasteiger partial charge in [-0.3, -0.25) is 9.59 Å². The normalized spacial score (nSPS) is 23.7. The molecule has 3 aliphatic rings. The van der Waals surface area contributed by atoms with Crippen molar-refractivity contribution in [1.29, 1.82) is 0 Å². The van der Waals surface area contributed by atoms with Crippen LogP contribution in [0, 0.1) is 17.5 Å². The summed E-state index contributed by atoms with van der Waals surface area (Å²) in [5, 5.41) is 23.1. The van der Waals surface area contributed by atoms with Crippen LogP contribution >= 0.6 is 11.8 Å². The molecule has 2 saturated heterocycles. The number of carbonyl (C=O) groups excluding carboxylic acids is 2. The number of rotatable bonds is 3. The minimum absolute atomic E-state index is 0.0755. The number of thioether (sulfide) groups is 1. The quantitative estimate of drug-likeness (QED) is 0.649. The Labute approximate surface area is 173 Å². The fraction of sp³-hybridized carbons (Fsp3) is 0.368. The molecule has 1 aromatic carbocycles. The Bertz CT molecular complexity index is 961. The van der Waals surface area contributed by atoms with Crippen LogP contribution in [0.4, 0.5) is 13.2 Å². The molecule has 1 aromatic rings. The summed E-state index contributed by atoms with van der Waals surface area (Å²) in [4.78, 5) is 28.3. The number of halogens is 3. The number of nitrogens with one attached hydrogen (secondary N) is 1. The lowest BCUT2D eigenvalue weighted by Gasteiger charge is -2.43. The predicted molar refractivity (Wildman–Crippen MR) is 101 cm³/mol. The van der Waals surface area contributed by atoms with Gasteiger partial charge in [0.05, 0.1) is 11.6 Å².